The van der Waals surface area contributed by atoms with Crippen molar-refractivity contribution in [2.45, 2.75) is 51.3 Å². The van der Waals surface area contributed by atoms with Crippen molar-refractivity contribution in [3.8, 4) is 0 Å². The highest BCUT2D eigenvalue weighted by molar-refractivity contribution is 7.09. The summed E-state index contributed by atoms with van der Waals surface area (Å²) < 4.78 is 10.8. The van der Waals surface area contributed by atoms with Crippen molar-refractivity contribution >= 4 is 23.3 Å². The van der Waals surface area contributed by atoms with Gasteiger partial charge in [0.05, 0.1) is 19.3 Å². The maximum atomic E-state index is 12.6. The van der Waals surface area contributed by atoms with E-state index in [1.165, 1.54) is 4.88 Å². The van der Waals surface area contributed by atoms with Crippen LogP contribution in [0.4, 0.5) is 4.79 Å². The molecule has 2 amide bonds. The third-order valence-electron chi connectivity index (χ3n) is 5.20. The molecule has 28 heavy (non-hydrogen) atoms. The van der Waals surface area contributed by atoms with Crippen molar-refractivity contribution in [3.63, 3.8) is 0 Å². The number of piperidine rings is 1. The van der Waals surface area contributed by atoms with E-state index in [1.807, 2.05) is 13.0 Å². The number of carbonyl (C=O) groups is 2. The van der Waals surface area contributed by atoms with E-state index < -0.39 is 0 Å². The van der Waals surface area contributed by atoms with Crippen LogP contribution in [0.1, 0.15) is 37.5 Å². The molecule has 2 saturated heterocycles. The number of nitrogens with zero attached hydrogens (tertiary/aromatic N) is 2. The van der Waals surface area contributed by atoms with E-state index in [-0.39, 0.29) is 24.1 Å². The van der Waals surface area contributed by atoms with Crippen LogP contribution in [0.15, 0.2) is 17.5 Å². The predicted octanol–water partition coefficient (Wildman–Crippen LogP) is 2.47. The van der Waals surface area contributed by atoms with E-state index >= 15 is 0 Å². The highest BCUT2D eigenvalue weighted by atomic mass is 32.1. The van der Waals surface area contributed by atoms with E-state index in [9.17, 15) is 9.59 Å². The van der Waals surface area contributed by atoms with Gasteiger partial charge in [-0.15, -0.1) is 11.3 Å². The lowest BCUT2D eigenvalue weighted by atomic mass is 10.1. The number of hydrogen-bond donors (Lipinski definition) is 1. The number of amides is 2. The van der Waals surface area contributed by atoms with Crippen molar-refractivity contribution in [1.29, 1.82) is 0 Å². The fourth-order valence-corrected chi connectivity index (χ4v) is 4.53. The molecule has 3 heterocycles. The highest BCUT2D eigenvalue weighted by Gasteiger charge is 2.26. The average molecular weight is 410 g/mol. The highest BCUT2D eigenvalue weighted by Crippen LogP contribution is 2.17. The third kappa shape index (κ3) is 6.46. The van der Waals surface area contributed by atoms with Crippen LogP contribution < -0.4 is 5.32 Å². The Morgan fingerprint density at radius 2 is 2.18 bits per heavy atom. The normalized spacial score (nSPS) is 20.5. The summed E-state index contributed by atoms with van der Waals surface area (Å²) >= 11 is 1.72. The Bertz CT molecular complexity index is 611. The first-order valence-corrected chi connectivity index (χ1v) is 11.1. The van der Waals surface area contributed by atoms with Crippen LogP contribution in [0.3, 0.4) is 0 Å². The molecule has 2 aliphatic heterocycles. The van der Waals surface area contributed by atoms with E-state index in [1.54, 1.807) is 16.2 Å². The summed E-state index contributed by atoms with van der Waals surface area (Å²) in [5.74, 6) is 0.0455. The molecule has 0 aromatic carbocycles. The molecule has 0 unspecified atom stereocenters. The second-order valence-corrected chi connectivity index (χ2v) is 8.44. The first-order valence-electron chi connectivity index (χ1n) is 10.2. The number of rotatable bonds is 8. The van der Waals surface area contributed by atoms with Gasteiger partial charge in [-0.05, 0) is 44.1 Å². The Morgan fingerprint density at radius 1 is 1.36 bits per heavy atom. The number of thiophene rings is 1. The zero-order valence-corrected chi connectivity index (χ0v) is 17.4. The molecule has 0 radical (unpaired) electrons. The van der Waals surface area contributed by atoms with Gasteiger partial charge in [-0.25, -0.2) is 4.79 Å². The Labute approximate surface area is 171 Å². The van der Waals surface area contributed by atoms with E-state index in [4.69, 9.17) is 9.47 Å². The lowest BCUT2D eigenvalue weighted by Crippen LogP contribution is -2.49. The molecule has 1 N–H and O–H groups in total. The van der Waals surface area contributed by atoms with Crippen molar-refractivity contribution in [3.05, 3.63) is 22.4 Å². The number of hydrogen-bond acceptors (Lipinski definition) is 6. The Morgan fingerprint density at radius 3 is 2.82 bits per heavy atom. The molecule has 2 fully saturated rings. The average Bonchev–Trinajstić information content (AvgIpc) is 3.36. The van der Waals surface area contributed by atoms with Crippen LogP contribution in [0.25, 0.3) is 0 Å². The molecule has 0 saturated carbocycles. The Balaban J connectivity index is 1.45. The van der Waals surface area contributed by atoms with Gasteiger partial charge in [0.2, 0.25) is 5.91 Å². The summed E-state index contributed by atoms with van der Waals surface area (Å²) in [6.07, 6.45) is 3.66. The van der Waals surface area contributed by atoms with Crippen LogP contribution in [0, 0.1) is 0 Å². The molecule has 7 nitrogen and oxygen atoms in total. The predicted molar refractivity (Wildman–Crippen MR) is 108 cm³/mol. The SMILES string of the molecule is CCOC(=O)N1CCC(NC(=O)CN(Cc2cccs2)C[C@H]2CCCO2)CC1. The smallest absolute Gasteiger partial charge is 0.409 e. The number of carbonyl (C=O) groups excluding carboxylic acids is 2. The van der Waals surface area contributed by atoms with Crippen LogP contribution in [-0.4, -0.2) is 73.3 Å². The molecule has 156 valence electrons. The first kappa shape index (κ1) is 21.1. The third-order valence-corrected chi connectivity index (χ3v) is 6.06. The molecule has 0 bridgehead atoms. The summed E-state index contributed by atoms with van der Waals surface area (Å²) in [6, 6.07) is 4.27. The van der Waals surface area contributed by atoms with Crippen LogP contribution in [0.5, 0.6) is 0 Å². The van der Waals surface area contributed by atoms with Gasteiger partial charge in [0.1, 0.15) is 0 Å². The molecular weight excluding hydrogens is 378 g/mol. The molecule has 1 aromatic heterocycles. The summed E-state index contributed by atoms with van der Waals surface area (Å²) in [6.45, 7) is 6.19. The van der Waals surface area contributed by atoms with Gasteiger partial charge in [-0.2, -0.15) is 0 Å². The molecule has 1 aromatic rings. The van der Waals surface area contributed by atoms with E-state index in [0.29, 0.717) is 26.2 Å². The zero-order chi connectivity index (χ0) is 19.8. The molecule has 8 heteroatoms. The minimum Gasteiger partial charge on any atom is -0.450 e. The quantitative estimate of drug-likeness (QED) is 0.714. The standard InChI is InChI=1S/C20H31N3O4S/c1-2-26-20(25)23-9-7-16(8-10-23)21-19(24)15-22(13-17-5-3-11-27-17)14-18-6-4-12-28-18/h4,6,12,16-17H,2-3,5,7-11,13-15H2,1H3,(H,21,24)/t17-/m1/s1. The number of likely N-dealkylation sites (tertiary alicyclic amines) is 1. The van der Waals surface area contributed by atoms with Crippen molar-refractivity contribution in [2.24, 2.45) is 0 Å². The summed E-state index contributed by atoms with van der Waals surface area (Å²) in [7, 11) is 0. The van der Waals surface area contributed by atoms with Gasteiger partial charge in [0.25, 0.3) is 0 Å². The van der Waals surface area contributed by atoms with Crippen molar-refractivity contribution < 1.29 is 19.1 Å². The number of nitrogens with one attached hydrogen (secondary N) is 1. The summed E-state index contributed by atoms with van der Waals surface area (Å²) in [5.41, 5.74) is 0. The van der Waals surface area contributed by atoms with Gasteiger partial charge in [0.15, 0.2) is 0 Å². The fraction of sp³-hybridized carbons (Fsp3) is 0.700. The molecule has 0 aliphatic carbocycles. The van der Waals surface area contributed by atoms with E-state index in [2.05, 4.69) is 21.7 Å². The first-order chi connectivity index (χ1) is 13.6. The van der Waals surface area contributed by atoms with Gasteiger partial charge < -0.3 is 19.7 Å². The fourth-order valence-electron chi connectivity index (χ4n) is 3.78. The Hall–Kier alpha value is -1.64. The number of ether oxygens (including phenoxy) is 2. The van der Waals surface area contributed by atoms with Crippen LogP contribution in [-0.2, 0) is 20.8 Å². The summed E-state index contributed by atoms with van der Waals surface area (Å²) in [5, 5.41) is 5.21. The van der Waals surface area contributed by atoms with Gasteiger partial charge in [0, 0.05) is 43.7 Å². The van der Waals surface area contributed by atoms with E-state index in [0.717, 1.165) is 45.4 Å². The molecule has 3 rings (SSSR count). The molecule has 1 atom stereocenters. The zero-order valence-electron chi connectivity index (χ0n) is 16.6. The van der Waals surface area contributed by atoms with Gasteiger partial charge in [-0.1, -0.05) is 6.07 Å². The maximum absolute atomic E-state index is 12.6. The topological polar surface area (TPSA) is 71.1 Å². The van der Waals surface area contributed by atoms with Crippen LogP contribution in [0.2, 0.25) is 0 Å². The van der Waals surface area contributed by atoms with Crippen molar-refractivity contribution in [1.82, 2.24) is 15.1 Å². The second-order valence-electron chi connectivity index (χ2n) is 7.41. The minimum atomic E-state index is -0.258. The molecule has 2 aliphatic rings. The molecular formula is C20H31N3O4S. The second kappa shape index (κ2) is 10.8. The lowest BCUT2D eigenvalue weighted by Gasteiger charge is -2.32. The molecule has 0 spiro atoms. The summed E-state index contributed by atoms with van der Waals surface area (Å²) in [4.78, 5) is 29.6. The van der Waals surface area contributed by atoms with Crippen LogP contribution >= 0.6 is 11.3 Å². The Kier molecular flexibility index (Phi) is 8.12. The monoisotopic (exact) mass is 409 g/mol. The van der Waals surface area contributed by atoms with Crippen molar-refractivity contribution in [2.75, 3.05) is 39.4 Å². The maximum Gasteiger partial charge on any atom is 0.409 e. The minimum absolute atomic E-state index is 0.0455. The van der Waals surface area contributed by atoms with Gasteiger partial charge in [-0.3, -0.25) is 9.69 Å². The largest absolute Gasteiger partial charge is 0.450 e. The lowest BCUT2D eigenvalue weighted by molar-refractivity contribution is -0.123. The van der Waals surface area contributed by atoms with Gasteiger partial charge >= 0.3 is 6.09 Å².